The van der Waals surface area contributed by atoms with Crippen LogP contribution in [0.2, 0.25) is 0 Å². The van der Waals surface area contributed by atoms with Gasteiger partial charge >= 0.3 is 0 Å². The van der Waals surface area contributed by atoms with Crippen molar-refractivity contribution >= 4 is 120 Å². The van der Waals surface area contributed by atoms with Crippen molar-refractivity contribution in [3.63, 3.8) is 0 Å². The van der Waals surface area contributed by atoms with Crippen LogP contribution in [0.3, 0.4) is 0 Å². The van der Waals surface area contributed by atoms with Crippen LogP contribution in [0, 0.1) is 0 Å². The molecule has 9 heteroatoms. The van der Waals surface area contributed by atoms with Gasteiger partial charge in [0.2, 0.25) is 0 Å². The molecule has 26 heavy (non-hydrogen) atoms. The lowest BCUT2D eigenvalue weighted by Crippen LogP contribution is -2.57. The lowest BCUT2D eigenvalue weighted by molar-refractivity contribution is 0.511. The summed E-state index contributed by atoms with van der Waals surface area (Å²) in [4.78, 5) is 0. The van der Waals surface area contributed by atoms with Crippen LogP contribution in [0.25, 0.3) is 11.1 Å². The molecule has 0 aromatic heterocycles. The molecule has 0 spiro atoms. The van der Waals surface area contributed by atoms with Crippen molar-refractivity contribution in [3.8, 4) is 11.1 Å². The van der Waals surface area contributed by atoms with E-state index in [1.807, 2.05) is 20.8 Å². The Balaban J connectivity index is 3.15. The maximum absolute atomic E-state index is 6.33. The van der Waals surface area contributed by atoms with Gasteiger partial charge in [0.15, 0.2) is 0 Å². The van der Waals surface area contributed by atoms with Crippen molar-refractivity contribution in [1.82, 2.24) is 0 Å². The zero-order chi connectivity index (χ0) is 20.1. The summed E-state index contributed by atoms with van der Waals surface area (Å²) in [7, 11) is 55.2. The zero-order valence-corrected chi connectivity index (χ0v) is 15.4. The first kappa shape index (κ1) is 21.3. The van der Waals surface area contributed by atoms with Gasteiger partial charge in [-0.3, -0.25) is 0 Å². The second-order valence-corrected chi connectivity index (χ2v) is 7.09. The van der Waals surface area contributed by atoms with Crippen LogP contribution < -0.4 is 49.2 Å². The molecule has 2 rings (SSSR count). The molecular weight excluding hydrogens is 301 g/mol. The van der Waals surface area contributed by atoms with Crippen molar-refractivity contribution in [3.05, 3.63) is 5.56 Å². The highest BCUT2D eigenvalue weighted by atomic mass is 14.3. The maximum atomic E-state index is 6.33. The van der Waals surface area contributed by atoms with E-state index in [4.69, 9.17) is 70.6 Å². The third-order valence-corrected chi connectivity index (χ3v) is 5.17. The minimum absolute atomic E-state index is 0.120. The van der Waals surface area contributed by atoms with Crippen LogP contribution in [0.4, 0.5) is 0 Å². The minimum atomic E-state index is -0.404. The van der Waals surface area contributed by atoms with E-state index in [2.05, 4.69) is 0 Å². The Morgan fingerprint density at radius 3 is 1.19 bits per heavy atom. The van der Waals surface area contributed by atoms with E-state index in [1.54, 1.807) is 0 Å². The van der Waals surface area contributed by atoms with Gasteiger partial charge in [-0.05, 0) is 28.5 Å². The Hall–Kier alpha value is -0.976. The van der Waals surface area contributed by atoms with E-state index in [1.165, 1.54) is 0 Å². The van der Waals surface area contributed by atoms with Crippen LogP contribution in [0.5, 0.6) is 0 Å². The fourth-order valence-electron chi connectivity index (χ4n) is 3.09. The number of benzene rings is 2. The summed E-state index contributed by atoms with van der Waals surface area (Å²) in [6, 6.07) is 0. The quantitative estimate of drug-likeness (QED) is 0.496. The highest BCUT2D eigenvalue weighted by Crippen LogP contribution is 2.30. The molecule has 0 aliphatic carbocycles. The fourth-order valence-corrected chi connectivity index (χ4v) is 3.09. The van der Waals surface area contributed by atoms with Gasteiger partial charge in [-0.25, -0.2) is 0 Å². The summed E-state index contributed by atoms with van der Waals surface area (Å²) < 4.78 is 0. The lowest BCUT2D eigenvalue weighted by Gasteiger charge is -2.35. The van der Waals surface area contributed by atoms with Gasteiger partial charge in [0.05, 0.1) is 0 Å². The second kappa shape index (κ2) is 7.21. The first-order chi connectivity index (χ1) is 11.9. The third-order valence-electron chi connectivity index (χ3n) is 5.17. The number of rotatable bonds is 3. The summed E-state index contributed by atoms with van der Waals surface area (Å²) in [5.41, 5.74) is 2.74. The van der Waals surface area contributed by atoms with E-state index in [9.17, 15) is 0 Å². The van der Waals surface area contributed by atoms with Gasteiger partial charge in [0, 0.05) is 0 Å². The summed E-state index contributed by atoms with van der Waals surface area (Å²) >= 11 is 0. The lowest BCUT2D eigenvalue weighted by atomic mass is 9.54. The molecule has 106 valence electrons. The maximum Gasteiger partial charge on any atom is 0.113 e. The van der Waals surface area contributed by atoms with Crippen LogP contribution in [-0.4, -0.2) is 70.6 Å². The van der Waals surface area contributed by atoms with Gasteiger partial charge in [-0.1, -0.05) is 42.6 Å². The van der Waals surface area contributed by atoms with Crippen molar-refractivity contribution in [1.29, 1.82) is 0 Å². The molecule has 0 unspecified atom stereocenters. The normalized spacial score (nSPS) is 11.7. The molecule has 0 saturated heterocycles. The van der Waals surface area contributed by atoms with Gasteiger partial charge in [0.1, 0.15) is 70.6 Å². The van der Waals surface area contributed by atoms with Crippen molar-refractivity contribution in [2.75, 3.05) is 0 Å². The smallest absolute Gasteiger partial charge is 0.112 e. The Morgan fingerprint density at radius 1 is 0.500 bits per heavy atom. The summed E-state index contributed by atoms with van der Waals surface area (Å²) in [5, 5.41) is 0. The molecule has 0 N–H and O–H groups in total. The minimum Gasteiger partial charge on any atom is -0.112 e. The molecular formula is C17H11B9. The zero-order valence-electron chi connectivity index (χ0n) is 15.4. The number of hydrogen-bond donors (Lipinski definition) is 0. The Labute approximate surface area is 169 Å². The predicted octanol–water partition coefficient (Wildman–Crippen LogP) is -5.81. The topological polar surface area (TPSA) is 0 Å². The van der Waals surface area contributed by atoms with Crippen LogP contribution in [0.1, 0.15) is 32.8 Å². The summed E-state index contributed by atoms with van der Waals surface area (Å²) in [6.45, 7) is 6.03. The SMILES string of the molecule is [B]c1c([B])c([B])c(-c2c([B])c([B])c([B])c([B])c2C(C)(C)CC)c([B])c1[B]. The molecule has 0 heterocycles. The highest BCUT2D eigenvalue weighted by Gasteiger charge is 2.28. The molecule has 0 aliphatic rings. The van der Waals surface area contributed by atoms with Crippen molar-refractivity contribution < 1.29 is 0 Å². The monoisotopic (exact) mass is 314 g/mol. The molecule has 0 atom stereocenters. The second-order valence-electron chi connectivity index (χ2n) is 7.09. The van der Waals surface area contributed by atoms with E-state index in [0.29, 0.717) is 22.2 Å². The largest absolute Gasteiger partial charge is 0.113 e. The average Bonchev–Trinajstić information content (AvgIpc) is 2.60. The van der Waals surface area contributed by atoms with Gasteiger partial charge < -0.3 is 0 Å². The van der Waals surface area contributed by atoms with E-state index in [0.717, 1.165) is 6.42 Å². The van der Waals surface area contributed by atoms with E-state index in [-0.39, 0.29) is 43.7 Å². The molecule has 0 bridgehead atoms. The summed E-state index contributed by atoms with van der Waals surface area (Å²) in [5.74, 6) is 0. The van der Waals surface area contributed by atoms with Crippen molar-refractivity contribution in [2.45, 2.75) is 32.6 Å². The van der Waals surface area contributed by atoms with Gasteiger partial charge in [-0.2, -0.15) is 0 Å². The molecule has 2 aromatic rings. The van der Waals surface area contributed by atoms with Crippen molar-refractivity contribution in [2.24, 2.45) is 0 Å². The molecule has 0 fully saturated rings. The van der Waals surface area contributed by atoms with Crippen LogP contribution in [0.15, 0.2) is 0 Å². The first-order valence-corrected chi connectivity index (χ1v) is 8.16. The first-order valence-electron chi connectivity index (χ1n) is 8.16. The fraction of sp³-hybridized carbons (Fsp3) is 0.294. The predicted molar refractivity (Wildman–Crippen MR) is 124 cm³/mol. The molecule has 0 amide bonds. The third kappa shape index (κ3) is 3.10. The Morgan fingerprint density at radius 2 is 0.808 bits per heavy atom. The van der Waals surface area contributed by atoms with E-state index >= 15 is 0 Å². The molecule has 0 aliphatic heterocycles. The van der Waals surface area contributed by atoms with Gasteiger partial charge in [-0.15, -0.1) is 27.3 Å². The van der Waals surface area contributed by atoms with E-state index < -0.39 is 5.41 Å². The molecule has 18 radical (unpaired) electrons. The number of hydrogen-bond acceptors (Lipinski definition) is 0. The standard InChI is InChI=1S/C17H11B9/c1-4-17(2,3)7-5(8(18)12(22)15(25)11(7)21)6-9(19)13(23)16(26)14(24)10(6)20/h4H2,1-3H3. The molecule has 2 aromatic carbocycles. The Kier molecular flexibility index (Phi) is 5.92. The highest BCUT2D eigenvalue weighted by molar-refractivity contribution is 6.70. The molecule has 0 nitrogen and oxygen atoms in total. The Bertz CT molecular complexity index is 871. The van der Waals surface area contributed by atoms with Crippen LogP contribution >= 0.6 is 0 Å². The van der Waals surface area contributed by atoms with Gasteiger partial charge in [0.25, 0.3) is 0 Å². The molecule has 0 saturated carbocycles. The average molecular weight is 313 g/mol. The summed E-state index contributed by atoms with van der Waals surface area (Å²) in [6.07, 6.45) is 0.743. The van der Waals surface area contributed by atoms with Crippen LogP contribution in [-0.2, 0) is 5.41 Å².